The minimum absolute atomic E-state index is 0.0127. The van der Waals surface area contributed by atoms with Gasteiger partial charge in [0.25, 0.3) is 0 Å². The zero-order valence-electron chi connectivity index (χ0n) is 15.5. The fourth-order valence-electron chi connectivity index (χ4n) is 4.46. The van der Waals surface area contributed by atoms with Gasteiger partial charge in [-0.15, -0.1) is 0 Å². The van der Waals surface area contributed by atoms with Crippen LogP contribution in [-0.2, 0) is 9.59 Å². The van der Waals surface area contributed by atoms with Crippen molar-refractivity contribution >= 4 is 17.5 Å². The monoisotopic (exact) mass is 371 g/mol. The molecule has 6 heteroatoms. The Bertz CT molecular complexity index is 717. The molecule has 2 aliphatic heterocycles. The molecule has 0 spiro atoms. The van der Waals surface area contributed by atoms with Crippen molar-refractivity contribution in [1.82, 2.24) is 9.80 Å². The predicted octanol–water partition coefficient (Wildman–Crippen LogP) is 2.29. The Morgan fingerprint density at radius 3 is 2.15 bits per heavy atom. The summed E-state index contributed by atoms with van der Waals surface area (Å²) in [5.41, 5.74) is 0.668. The van der Waals surface area contributed by atoms with E-state index in [1.165, 1.54) is 11.0 Å². The van der Waals surface area contributed by atoms with Gasteiger partial charge in [0.1, 0.15) is 5.82 Å². The normalized spacial score (nSPS) is 26.0. The second-order valence-electron chi connectivity index (χ2n) is 7.62. The van der Waals surface area contributed by atoms with Gasteiger partial charge >= 0.3 is 0 Å². The van der Waals surface area contributed by atoms with Gasteiger partial charge in [0.2, 0.25) is 11.8 Å². The van der Waals surface area contributed by atoms with Gasteiger partial charge in [0.05, 0.1) is 17.5 Å². The van der Waals surface area contributed by atoms with Crippen molar-refractivity contribution in [3.8, 4) is 0 Å². The lowest BCUT2D eigenvalue weighted by molar-refractivity contribution is -0.140. The number of anilines is 1. The molecule has 5 nitrogen and oxygen atoms in total. The molecule has 2 heterocycles. The molecule has 0 N–H and O–H groups in total. The molecule has 1 aromatic carbocycles. The standard InChI is InChI=1S/C21H26FN3O2/c22-18-8-3-4-9-19(18)24-14-12-23(13-15-24)10-5-11-25-20(26)16-6-1-2-7-17(16)21(25)27/h1-4,8-9,16-17H,5-7,10-15H2. The lowest BCUT2D eigenvalue weighted by Crippen LogP contribution is -2.47. The van der Waals surface area contributed by atoms with Crippen LogP contribution in [0.3, 0.4) is 0 Å². The summed E-state index contributed by atoms with van der Waals surface area (Å²) in [6.45, 7) is 4.68. The second kappa shape index (κ2) is 7.80. The minimum Gasteiger partial charge on any atom is -0.367 e. The third-order valence-electron chi connectivity index (χ3n) is 6.02. The second-order valence-corrected chi connectivity index (χ2v) is 7.62. The summed E-state index contributed by atoms with van der Waals surface area (Å²) in [6, 6.07) is 6.90. The number of imide groups is 1. The average Bonchev–Trinajstić information content (AvgIpc) is 2.94. The van der Waals surface area contributed by atoms with E-state index in [1.54, 1.807) is 6.07 Å². The summed E-state index contributed by atoms with van der Waals surface area (Å²) in [6.07, 6.45) is 6.23. The summed E-state index contributed by atoms with van der Waals surface area (Å²) in [5, 5.41) is 0. The van der Waals surface area contributed by atoms with Crippen molar-refractivity contribution < 1.29 is 14.0 Å². The molecular formula is C21H26FN3O2. The van der Waals surface area contributed by atoms with Crippen molar-refractivity contribution in [3.63, 3.8) is 0 Å². The molecule has 1 aromatic rings. The van der Waals surface area contributed by atoms with E-state index in [0.717, 1.165) is 39.1 Å². The predicted molar refractivity (Wildman–Crippen MR) is 102 cm³/mol. The third-order valence-corrected chi connectivity index (χ3v) is 6.02. The maximum absolute atomic E-state index is 13.9. The van der Waals surface area contributed by atoms with E-state index < -0.39 is 0 Å². The van der Waals surface area contributed by atoms with Crippen LogP contribution >= 0.6 is 0 Å². The van der Waals surface area contributed by atoms with E-state index in [2.05, 4.69) is 9.80 Å². The first kappa shape index (κ1) is 18.2. The maximum Gasteiger partial charge on any atom is 0.233 e. The number of carbonyl (C=O) groups excluding carboxylic acids is 2. The number of allylic oxidation sites excluding steroid dienone is 2. The number of halogens is 1. The average molecular weight is 371 g/mol. The fourth-order valence-corrected chi connectivity index (χ4v) is 4.46. The highest BCUT2D eigenvalue weighted by Crippen LogP contribution is 2.35. The zero-order valence-corrected chi connectivity index (χ0v) is 15.5. The van der Waals surface area contributed by atoms with Gasteiger partial charge in [-0.2, -0.15) is 0 Å². The lowest BCUT2D eigenvalue weighted by atomic mass is 9.85. The summed E-state index contributed by atoms with van der Waals surface area (Å²) in [7, 11) is 0. The molecular weight excluding hydrogens is 345 g/mol. The van der Waals surface area contributed by atoms with Gasteiger partial charge in [-0.05, 0) is 37.9 Å². The zero-order chi connectivity index (χ0) is 18.8. The number of para-hydroxylation sites is 1. The molecule has 0 radical (unpaired) electrons. The van der Waals surface area contributed by atoms with E-state index in [0.29, 0.717) is 25.1 Å². The topological polar surface area (TPSA) is 43.9 Å². The number of rotatable bonds is 5. The fraction of sp³-hybridized carbons (Fsp3) is 0.524. The Hall–Kier alpha value is -2.21. The van der Waals surface area contributed by atoms with Gasteiger partial charge in [-0.1, -0.05) is 24.3 Å². The van der Waals surface area contributed by atoms with E-state index in [-0.39, 0.29) is 29.5 Å². The van der Waals surface area contributed by atoms with E-state index in [9.17, 15) is 14.0 Å². The van der Waals surface area contributed by atoms with Crippen LogP contribution in [0.5, 0.6) is 0 Å². The van der Waals surface area contributed by atoms with Crippen LogP contribution in [0, 0.1) is 17.7 Å². The Labute approximate surface area is 159 Å². The number of hydrogen-bond donors (Lipinski definition) is 0. The summed E-state index contributed by atoms with van der Waals surface area (Å²) in [5.74, 6) is -0.413. The summed E-state index contributed by atoms with van der Waals surface area (Å²) < 4.78 is 13.9. The first-order valence-corrected chi connectivity index (χ1v) is 9.87. The van der Waals surface area contributed by atoms with Crippen LogP contribution in [0.25, 0.3) is 0 Å². The number of amides is 2. The van der Waals surface area contributed by atoms with Crippen molar-refractivity contribution in [2.75, 3.05) is 44.2 Å². The number of fused-ring (bicyclic) bond motifs is 1. The molecule has 2 unspecified atom stereocenters. The SMILES string of the molecule is O=C1C2CC=CCC2C(=O)N1CCCN1CCN(c2ccccc2F)CC1. The third kappa shape index (κ3) is 3.63. The number of piperazine rings is 1. The van der Waals surface area contributed by atoms with Gasteiger partial charge < -0.3 is 4.90 Å². The van der Waals surface area contributed by atoms with Crippen LogP contribution in [0.4, 0.5) is 10.1 Å². The van der Waals surface area contributed by atoms with Crippen LogP contribution in [0.15, 0.2) is 36.4 Å². The number of carbonyl (C=O) groups is 2. The Morgan fingerprint density at radius 2 is 1.52 bits per heavy atom. The molecule has 0 bridgehead atoms. The van der Waals surface area contributed by atoms with E-state index >= 15 is 0 Å². The highest BCUT2D eigenvalue weighted by molar-refractivity contribution is 6.05. The molecule has 2 saturated heterocycles. The Balaban J connectivity index is 1.24. The van der Waals surface area contributed by atoms with Gasteiger partial charge in [-0.3, -0.25) is 19.4 Å². The molecule has 4 rings (SSSR count). The summed E-state index contributed by atoms with van der Waals surface area (Å²) in [4.78, 5) is 30.9. The Morgan fingerprint density at radius 1 is 0.889 bits per heavy atom. The first-order valence-electron chi connectivity index (χ1n) is 9.87. The molecule has 3 aliphatic rings. The highest BCUT2D eigenvalue weighted by atomic mass is 19.1. The molecule has 27 heavy (non-hydrogen) atoms. The Kier molecular flexibility index (Phi) is 5.25. The smallest absolute Gasteiger partial charge is 0.233 e. The maximum atomic E-state index is 13.9. The first-order chi connectivity index (χ1) is 13.1. The molecule has 2 atom stereocenters. The molecule has 0 aromatic heterocycles. The number of hydrogen-bond acceptors (Lipinski definition) is 4. The molecule has 1 aliphatic carbocycles. The van der Waals surface area contributed by atoms with Gasteiger partial charge in [-0.25, -0.2) is 4.39 Å². The largest absolute Gasteiger partial charge is 0.367 e. The van der Waals surface area contributed by atoms with Gasteiger partial charge in [0.15, 0.2) is 0 Å². The highest BCUT2D eigenvalue weighted by Gasteiger charge is 2.46. The quantitative estimate of drug-likeness (QED) is 0.588. The molecule has 2 fully saturated rings. The lowest BCUT2D eigenvalue weighted by Gasteiger charge is -2.36. The summed E-state index contributed by atoms with van der Waals surface area (Å²) >= 11 is 0. The number of benzene rings is 1. The molecule has 0 saturated carbocycles. The van der Waals surface area contributed by atoms with Gasteiger partial charge in [0, 0.05) is 32.7 Å². The van der Waals surface area contributed by atoms with Crippen LogP contribution in [-0.4, -0.2) is 60.9 Å². The van der Waals surface area contributed by atoms with Crippen LogP contribution in [0.2, 0.25) is 0 Å². The van der Waals surface area contributed by atoms with E-state index in [1.807, 2.05) is 24.3 Å². The van der Waals surface area contributed by atoms with Crippen LogP contribution in [0.1, 0.15) is 19.3 Å². The van der Waals surface area contributed by atoms with Crippen molar-refractivity contribution in [3.05, 3.63) is 42.2 Å². The van der Waals surface area contributed by atoms with Crippen molar-refractivity contribution in [1.29, 1.82) is 0 Å². The van der Waals surface area contributed by atoms with Crippen LogP contribution < -0.4 is 4.90 Å². The van der Waals surface area contributed by atoms with Crippen molar-refractivity contribution in [2.45, 2.75) is 19.3 Å². The molecule has 2 amide bonds. The minimum atomic E-state index is -0.173. The van der Waals surface area contributed by atoms with Crippen molar-refractivity contribution in [2.24, 2.45) is 11.8 Å². The molecule has 144 valence electrons. The number of likely N-dealkylation sites (tertiary alicyclic amines) is 1. The number of nitrogens with zero attached hydrogens (tertiary/aromatic N) is 3. The van der Waals surface area contributed by atoms with E-state index in [4.69, 9.17) is 0 Å².